The molecule has 2 fully saturated rings. The van der Waals surface area contributed by atoms with Gasteiger partial charge in [0, 0.05) is 45.2 Å². The number of aryl methyl sites for hydroxylation is 1. The summed E-state index contributed by atoms with van der Waals surface area (Å²) in [5.74, 6) is 1.47. The minimum absolute atomic E-state index is 0. The van der Waals surface area contributed by atoms with Crippen molar-refractivity contribution in [3.63, 3.8) is 0 Å². The molecule has 8 nitrogen and oxygen atoms in total. The number of carbonyl (C=O) groups excluding carboxylic acids is 1. The molecule has 2 aliphatic rings. The Bertz CT molecular complexity index is 587. The highest BCUT2D eigenvalue weighted by Gasteiger charge is 2.32. The van der Waals surface area contributed by atoms with Gasteiger partial charge in [-0.15, -0.1) is 34.2 Å². The number of aliphatic imine (C=N–C) groups is 1. The van der Waals surface area contributed by atoms with Gasteiger partial charge in [0.2, 0.25) is 5.91 Å². The summed E-state index contributed by atoms with van der Waals surface area (Å²) in [5.41, 5.74) is 0. The molecule has 152 valence electrons. The highest BCUT2D eigenvalue weighted by atomic mass is 127. The van der Waals surface area contributed by atoms with Gasteiger partial charge in [-0.1, -0.05) is 12.8 Å². The normalized spacial score (nSPS) is 20.6. The van der Waals surface area contributed by atoms with Gasteiger partial charge in [-0.25, -0.2) is 0 Å². The summed E-state index contributed by atoms with van der Waals surface area (Å²) >= 11 is 0. The Morgan fingerprint density at radius 1 is 1.19 bits per heavy atom. The van der Waals surface area contributed by atoms with E-state index >= 15 is 0 Å². The van der Waals surface area contributed by atoms with Crippen LogP contribution >= 0.6 is 24.0 Å². The molecular formula is C18H32IN7O. The lowest BCUT2D eigenvalue weighted by Gasteiger charge is -2.21. The second-order valence-electron chi connectivity index (χ2n) is 7.30. The Kier molecular flexibility index (Phi) is 9.29. The molecular weight excluding hydrogens is 457 g/mol. The van der Waals surface area contributed by atoms with Crippen molar-refractivity contribution in [3.8, 4) is 0 Å². The number of nitrogens with one attached hydrogen (secondary N) is 2. The molecule has 1 unspecified atom stereocenters. The van der Waals surface area contributed by atoms with Gasteiger partial charge in [-0.05, 0) is 32.1 Å². The molecule has 3 rings (SSSR count). The van der Waals surface area contributed by atoms with Crippen molar-refractivity contribution in [1.82, 2.24) is 30.3 Å². The molecule has 2 N–H and O–H groups in total. The summed E-state index contributed by atoms with van der Waals surface area (Å²) in [6, 6.07) is 0.295. The van der Waals surface area contributed by atoms with Crippen LogP contribution in [0.5, 0.6) is 0 Å². The van der Waals surface area contributed by atoms with Gasteiger partial charge in [0.25, 0.3) is 0 Å². The molecule has 9 heteroatoms. The van der Waals surface area contributed by atoms with E-state index in [9.17, 15) is 4.79 Å². The van der Waals surface area contributed by atoms with Gasteiger partial charge in [-0.2, -0.15) is 0 Å². The Balaban J connectivity index is 0.00000261. The minimum Gasteiger partial charge on any atom is -0.356 e. The van der Waals surface area contributed by atoms with Crippen LogP contribution in [0.3, 0.4) is 0 Å². The van der Waals surface area contributed by atoms with E-state index in [0.29, 0.717) is 11.9 Å². The molecule has 0 aromatic carbocycles. The number of amides is 1. The summed E-state index contributed by atoms with van der Waals surface area (Å²) in [6.07, 6.45) is 11.2. The molecule has 1 saturated heterocycles. The smallest absolute Gasteiger partial charge is 0.225 e. The number of hydrogen-bond donors (Lipinski definition) is 2. The number of likely N-dealkylation sites (tertiary alicyclic amines) is 1. The van der Waals surface area contributed by atoms with E-state index in [-0.39, 0.29) is 29.9 Å². The number of guanidine groups is 1. The SMILES string of the molecule is CN=C(NCCCCn1cnnc1)NC1CCN(C(=O)C2CCCC2)C1.I. The predicted molar refractivity (Wildman–Crippen MR) is 116 cm³/mol. The molecule has 27 heavy (non-hydrogen) atoms. The van der Waals surface area contributed by atoms with Gasteiger partial charge in [0.05, 0.1) is 0 Å². The Morgan fingerprint density at radius 2 is 1.93 bits per heavy atom. The third-order valence-corrected chi connectivity index (χ3v) is 5.37. The van der Waals surface area contributed by atoms with Gasteiger partial charge in [0.15, 0.2) is 5.96 Å². The van der Waals surface area contributed by atoms with Gasteiger partial charge < -0.3 is 20.1 Å². The van der Waals surface area contributed by atoms with Crippen LogP contribution in [0.25, 0.3) is 0 Å². The molecule has 2 heterocycles. The lowest BCUT2D eigenvalue weighted by atomic mass is 10.1. The second kappa shape index (κ2) is 11.5. The maximum atomic E-state index is 12.5. The Hall–Kier alpha value is -1.39. The zero-order chi connectivity index (χ0) is 18.2. The van der Waals surface area contributed by atoms with E-state index in [1.165, 1.54) is 12.8 Å². The van der Waals surface area contributed by atoms with E-state index in [0.717, 1.165) is 64.2 Å². The molecule has 1 aromatic heterocycles. The van der Waals surface area contributed by atoms with E-state index in [2.05, 4.69) is 25.8 Å². The van der Waals surface area contributed by atoms with Crippen molar-refractivity contribution in [2.75, 3.05) is 26.7 Å². The van der Waals surface area contributed by atoms with Crippen LogP contribution in [0.2, 0.25) is 0 Å². The van der Waals surface area contributed by atoms with Crippen LogP contribution in [0.1, 0.15) is 44.9 Å². The van der Waals surface area contributed by atoms with Crippen molar-refractivity contribution >= 4 is 35.8 Å². The van der Waals surface area contributed by atoms with Crippen molar-refractivity contribution in [2.24, 2.45) is 10.9 Å². The summed E-state index contributed by atoms with van der Waals surface area (Å²) in [4.78, 5) is 18.9. The van der Waals surface area contributed by atoms with Crippen molar-refractivity contribution < 1.29 is 4.79 Å². The van der Waals surface area contributed by atoms with Crippen LogP contribution in [0.4, 0.5) is 0 Å². The van der Waals surface area contributed by atoms with Crippen molar-refractivity contribution in [2.45, 2.75) is 57.5 Å². The van der Waals surface area contributed by atoms with Crippen LogP contribution in [0, 0.1) is 5.92 Å². The highest BCUT2D eigenvalue weighted by molar-refractivity contribution is 14.0. The van der Waals surface area contributed by atoms with Crippen molar-refractivity contribution in [3.05, 3.63) is 12.7 Å². The number of hydrogen-bond acceptors (Lipinski definition) is 4. The molecule has 1 aliphatic carbocycles. The predicted octanol–water partition coefficient (Wildman–Crippen LogP) is 1.63. The number of rotatable bonds is 7. The standard InChI is InChI=1S/C18H31N7O.HI/c1-19-18(20-9-4-5-10-24-13-21-22-14-24)23-16-8-11-25(12-16)17(26)15-6-2-3-7-15;/h13-16H,2-12H2,1H3,(H2,19,20,23);1H. The average Bonchev–Trinajstić information content (AvgIpc) is 3.42. The molecule has 0 spiro atoms. The third kappa shape index (κ3) is 6.62. The minimum atomic E-state index is 0. The number of nitrogens with zero attached hydrogens (tertiary/aromatic N) is 5. The zero-order valence-corrected chi connectivity index (χ0v) is 18.5. The average molecular weight is 489 g/mol. The number of halogens is 1. The lowest BCUT2D eigenvalue weighted by molar-refractivity contribution is -0.134. The fraction of sp³-hybridized carbons (Fsp3) is 0.778. The molecule has 0 bridgehead atoms. The van der Waals surface area contributed by atoms with Crippen LogP contribution < -0.4 is 10.6 Å². The fourth-order valence-electron chi connectivity index (χ4n) is 3.86. The quantitative estimate of drug-likeness (QED) is 0.263. The number of unbranched alkanes of at least 4 members (excludes halogenated alkanes) is 1. The fourth-order valence-corrected chi connectivity index (χ4v) is 3.86. The monoisotopic (exact) mass is 489 g/mol. The summed E-state index contributed by atoms with van der Waals surface area (Å²) < 4.78 is 1.99. The molecule has 0 radical (unpaired) electrons. The van der Waals surface area contributed by atoms with Crippen LogP contribution in [-0.4, -0.2) is 64.3 Å². The van der Waals surface area contributed by atoms with Gasteiger partial charge in [-0.3, -0.25) is 9.79 Å². The van der Waals surface area contributed by atoms with E-state index in [1.807, 2.05) is 9.47 Å². The first-order valence-electron chi connectivity index (χ1n) is 9.84. The first kappa shape index (κ1) is 21.9. The zero-order valence-electron chi connectivity index (χ0n) is 16.1. The van der Waals surface area contributed by atoms with Crippen LogP contribution in [-0.2, 0) is 11.3 Å². The van der Waals surface area contributed by atoms with Crippen molar-refractivity contribution in [1.29, 1.82) is 0 Å². The Labute approximate surface area is 178 Å². The maximum Gasteiger partial charge on any atom is 0.225 e. The summed E-state index contributed by atoms with van der Waals surface area (Å²) in [6.45, 7) is 3.47. The molecule has 1 aliphatic heterocycles. The largest absolute Gasteiger partial charge is 0.356 e. The third-order valence-electron chi connectivity index (χ3n) is 5.37. The lowest BCUT2D eigenvalue weighted by Crippen LogP contribution is -2.45. The number of aromatic nitrogens is 3. The summed E-state index contributed by atoms with van der Waals surface area (Å²) in [5, 5.41) is 14.4. The second-order valence-corrected chi connectivity index (χ2v) is 7.30. The van der Waals surface area contributed by atoms with E-state index < -0.39 is 0 Å². The number of carbonyl (C=O) groups is 1. The molecule has 1 amide bonds. The first-order valence-corrected chi connectivity index (χ1v) is 9.84. The van der Waals surface area contributed by atoms with Gasteiger partial charge in [0.1, 0.15) is 12.7 Å². The highest BCUT2D eigenvalue weighted by Crippen LogP contribution is 2.27. The van der Waals surface area contributed by atoms with E-state index in [1.54, 1.807) is 19.7 Å². The van der Waals surface area contributed by atoms with Gasteiger partial charge >= 0.3 is 0 Å². The summed E-state index contributed by atoms with van der Waals surface area (Å²) in [7, 11) is 1.79. The Morgan fingerprint density at radius 3 is 2.63 bits per heavy atom. The molecule has 1 atom stereocenters. The van der Waals surface area contributed by atoms with Crippen LogP contribution in [0.15, 0.2) is 17.6 Å². The van der Waals surface area contributed by atoms with E-state index in [4.69, 9.17) is 0 Å². The maximum absolute atomic E-state index is 12.5. The topological polar surface area (TPSA) is 87.4 Å². The first-order chi connectivity index (χ1) is 12.8. The molecule has 1 aromatic rings. The molecule has 1 saturated carbocycles.